The maximum absolute atomic E-state index is 9.00. The molecule has 6 nitrogen and oxygen atoms in total. The van der Waals surface area contributed by atoms with E-state index in [0.29, 0.717) is 0 Å². The molecule has 0 atom stereocenters. The standard InChI is InChI=1S/C8H8Cl2N4.C2H4O2/c9-6-2-1-3-7(10)5(6)4-13-14-8(11)12;1-2(3)4/h1-4H,(H4,11,12,14);1H3,(H,3,4)/b13-4+;/i1D,2D,3D;. The monoisotopic (exact) mass is 293 g/mol. The summed E-state index contributed by atoms with van der Waals surface area (Å²) in [4.78, 5) is 9.00. The summed E-state index contributed by atoms with van der Waals surface area (Å²) in [5.41, 5.74) is 10.3. The van der Waals surface area contributed by atoms with Crippen LogP contribution in [-0.4, -0.2) is 23.2 Å². The fraction of sp³-hybridized carbons (Fsp3) is 0.100. The Morgan fingerprint density at radius 1 is 1.44 bits per heavy atom. The van der Waals surface area contributed by atoms with Crippen LogP contribution in [-0.2, 0) is 4.79 Å². The molecule has 1 aromatic carbocycles. The number of carboxylic acid groups (broad SMARTS) is 1. The number of halogens is 2. The van der Waals surface area contributed by atoms with Crippen LogP contribution in [0.3, 0.4) is 0 Å². The zero-order valence-corrected chi connectivity index (χ0v) is 10.7. The van der Waals surface area contributed by atoms with Crippen molar-refractivity contribution in [3.63, 3.8) is 0 Å². The molecule has 0 aliphatic carbocycles. The van der Waals surface area contributed by atoms with Gasteiger partial charge in [-0.15, -0.1) is 5.10 Å². The number of hydrogen-bond donors (Lipinski definition) is 3. The van der Waals surface area contributed by atoms with E-state index >= 15 is 0 Å². The molecule has 0 saturated heterocycles. The van der Waals surface area contributed by atoms with Crippen LogP contribution in [0.5, 0.6) is 0 Å². The predicted octanol–water partition coefficient (Wildman–Crippen LogP) is 1.69. The number of carbonyl (C=O) groups is 1. The minimum atomic E-state index is -0.833. The van der Waals surface area contributed by atoms with Gasteiger partial charge < -0.3 is 16.6 Å². The van der Waals surface area contributed by atoms with Crippen LogP contribution in [0.1, 0.15) is 16.6 Å². The average molecular weight is 294 g/mol. The maximum Gasteiger partial charge on any atom is 0.300 e. The Balaban J connectivity index is 0.000000885. The molecule has 0 heterocycles. The predicted molar refractivity (Wildman–Crippen MR) is 73.2 cm³/mol. The summed E-state index contributed by atoms with van der Waals surface area (Å²) in [6.45, 7) is 1.08. The molecule has 0 amide bonds. The van der Waals surface area contributed by atoms with Gasteiger partial charge in [-0.1, -0.05) is 29.2 Å². The normalized spacial score (nSPS) is 11.8. The summed E-state index contributed by atoms with van der Waals surface area (Å²) in [7, 11) is 0. The summed E-state index contributed by atoms with van der Waals surface area (Å²) < 4.78 is 22.4. The van der Waals surface area contributed by atoms with Crippen molar-refractivity contribution in [2.24, 2.45) is 21.7 Å². The molecule has 0 fully saturated rings. The molecule has 0 aliphatic rings. The van der Waals surface area contributed by atoms with Gasteiger partial charge in [0.2, 0.25) is 5.96 Å². The molecular formula is C10H12Cl2N4O2. The largest absolute Gasteiger partial charge is 0.481 e. The Kier molecular flexibility index (Phi) is 5.23. The number of rotatable bonds is 2. The number of hydrogen-bond acceptors (Lipinski definition) is 3. The van der Waals surface area contributed by atoms with Gasteiger partial charge in [-0.25, -0.2) is 0 Å². The highest BCUT2D eigenvalue weighted by Crippen LogP contribution is 2.22. The van der Waals surface area contributed by atoms with Crippen LogP contribution in [0.4, 0.5) is 0 Å². The Labute approximate surface area is 118 Å². The van der Waals surface area contributed by atoms with E-state index in [1.165, 1.54) is 0 Å². The van der Waals surface area contributed by atoms with Crippen LogP contribution in [0.2, 0.25) is 10.0 Å². The van der Waals surface area contributed by atoms with Gasteiger partial charge >= 0.3 is 0 Å². The molecule has 0 radical (unpaired) electrons. The van der Waals surface area contributed by atoms with E-state index in [2.05, 4.69) is 10.2 Å². The van der Waals surface area contributed by atoms with Crippen molar-refractivity contribution >= 4 is 41.3 Å². The number of guanidine groups is 1. The van der Waals surface area contributed by atoms with Crippen molar-refractivity contribution in [3.05, 3.63) is 33.7 Å². The highest BCUT2D eigenvalue weighted by Gasteiger charge is 2.01. The van der Waals surface area contributed by atoms with Gasteiger partial charge in [0.15, 0.2) is 0 Å². The van der Waals surface area contributed by atoms with Crippen LogP contribution in [0.15, 0.2) is 28.3 Å². The summed E-state index contributed by atoms with van der Waals surface area (Å²) >= 11 is 11.6. The van der Waals surface area contributed by atoms with Gasteiger partial charge in [0.1, 0.15) is 0 Å². The number of carboxylic acids is 1. The van der Waals surface area contributed by atoms with E-state index in [1.807, 2.05) is 0 Å². The fourth-order valence-corrected chi connectivity index (χ4v) is 1.07. The molecule has 0 aliphatic heterocycles. The lowest BCUT2D eigenvalue weighted by Gasteiger charge is -1.98. The van der Waals surface area contributed by atoms with Crippen molar-refractivity contribution in [3.8, 4) is 0 Å². The molecule has 0 spiro atoms. The second kappa shape index (κ2) is 8.32. The molecule has 18 heavy (non-hydrogen) atoms. The Hall–Kier alpha value is -1.79. The quantitative estimate of drug-likeness (QED) is 0.437. The minimum Gasteiger partial charge on any atom is -0.481 e. The van der Waals surface area contributed by atoms with E-state index in [0.717, 1.165) is 13.1 Å². The first-order valence-corrected chi connectivity index (χ1v) is 5.11. The van der Waals surface area contributed by atoms with E-state index < -0.39 is 5.97 Å². The molecule has 1 aromatic rings. The van der Waals surface area contributed by atoms with Gasteiger partial charge in [-0.3, -0.25) is 4.79 Å². The van der Waals surface area contributed by atoms with Crippen molar-refractivity contribution in [1.29, 1.82) is 0 Å². The number of nitrogens with two attached hydrogens (primary N) is 2. The van der Waals surface area contributed by atoms with Gasteiger partial charge in [0.05, 0.1) is 20.4 Å². The summed E-state index contributed by atoms with van der Waals surface area (Å²) in [6.07, 6.45) is 1.12. The smallest absolute Gasteiger partial charge is 0.300 e. The molecule has 98 valence electrons. The highest BCUT2D eigenvalue weighted by molar-refractivity contribution is 6.38. The Morgan fingerprint density at radius 3 is 2.28 bits per heavy atom. The first kappa shape index (κ1) is 11.3. The lowest BCUT2D eigenvalue weighted by Crippen LogP contribution is -2.21. The van der Waals surface area contributed by atoms with Gasteiger partial charge in [-0.2, -0.15) is 5.10 Å². The fourth-order valence-electron chi connectivity index (χ4n) is 0.639. The van der Waals surface area contributed by atoms with Crippen LogP contribution < -0.4 is 11.5 Å². The van der Waals surface area contributed by atoms with Crippen molar-refractivity contribution in [2.75, 3.05) is 0 Å². The van der Waals surface area contributed by atoms with Gasteiger partial charge in [0.25, 0.3) is 5.97 Å². The van der Waals surface area contributed by atoms with Crippen molar-refractivity contribution in [2.45, 2.75) is 6.92 Å². The molecule has 0 unspecified atom stereocenters. The zero-order valence-electron chi connectivity index (χ0n) is 12.2. The summed E-state index contributed by atoms with van der Waals surface area (Å²) in [5, 5.41) is 14.1. The molecule has 8 heteroatoms. The van der Waals surface area contributed by atoms with E-state index in [1.54, 1.807) is 0 Å². The zero-order chi connectivity index (χ0) is 16.7. The summed E-state index contributed by atoms with van der Waals surface area (Å²) in [5.74, 6) is -1.08. The van der Waals surface area contributed by atoms with Crippen LogP contribution in [0, 0.1) is 0 Å². The topological polar surface area (TPSA) is 114 Å². The maximum atomic E-state index is 9.00. The average Bonchev–Trinajstić information content (AvgIpc) is 2.37. The number of benzene rings is 1. The molecular weight excluding hydrogens is 279 g/mol. The first-order chi connectivity index (χ1) is 9.59. The first-order valence-electron chi connectivity index (χ1n) is 5.85. The van der Waals surface area contributed by atoms with Gasteiger partial charge in [-0.05, 0) is 12.1 Å². The molecule has 0 aromatic heterocycles. The lowest BCUT2D eigenvalue weighted by atomic mass is 10.2. The SMILES string of the molecule is CC(=O)O.[2H]c1c([2H])c(Cl)c(/C=N/N=C(N)N)c(Cl)c1[2H]. The van der Waals surface area contributed by atoms with Crippen molar-refractivity contribution < 1.29 is 14.0 Å². The third-order valence-electron chi connectivity index (χ3n) is 1.18. The van der Waals surface area contributed by atoms with E-state index in [9.17, 15) is 0 Å². The van der Waals surface area contributed by atoms with Crippen LogP contribution in [0.25, 0.3) is 0 Å². The van der Waals surface area contributed by atoms with Gasteiger partial charge in [0, 0.05) is 12.5 Å². The summed E-state index contributed by atoms with van der Waals surface area (Å²) in [6, 6.07) is -0.946. The molecule has 5 N–H and O–H groups in total. The Bertz CT molecular complexity index is 571. The number of aliphatic carboxylic acids is 1. The highest BCUT2D eigenvalue weighted by atomic mass is 35.5. The molecule has 1 rings (SSSR count). The third-order valence-corrected chi connectivity index (χ3v) is 1.77. The second-order valence-corrected chi connectivity index (χ2v) is 3.46. The van der Waals surface area contributed by atoms with Crippen molar-refractivity contribution in [1.82, 2.24) is 0 Å². The number of nitrogens with zero attached hydrogens (tertiary/aromatic N) is 2. The van der Waals surface area contributed by atoms with E-state index in [4.69, 9.17) is 48.7 Å². The Morgan fingerprint density at radius 2 is 1.89 bits per heavy atom. The lowest BCUT2D eigenvalue weighted by molar-refractivity contribution is -0.134. The van der Waals surface area contributed by atoms with E-state index in [-0.39, 0.29) is 39.7 Å². The molecule has 0 saturated carbocycles. The van der Waals surface area contributed by atoms with Crippen LogP contribution >= 0.6 is 23.2 Å². The molecule has 0 bridgehead atoms. The minimum absolute atomic E-state index is 0.0782. The third kappa shape index (κ3) is 7.48. The second-order valence-electron chi connectivity index (χ2n) is 2.71.